The molecular weight excluding hydrogens is 384 g/mol. The normalized spacial score (nSPS) is 12.6. The largest absolute Gasteiger partial charge is 0.298 e. The van der Waals surface area contributed by atoms with Gasteiger partial charge in [-0.05, 0) is 33.4 Å². The topological polar surface area (TPSA) is 17.1 Å². The van der Waals surface area contributed by atoms with E-state index < -0.39 is 0 Å². The van der Waals surface area contributed by atoms with E-state index in [2.05, 4.69) is 37.9 Å². The summed E-state index contributed by atoms with van der Waals surface area (Å²) in [6, 6.07) is 6.05. The van der Waals surface area contributed by atoms with Gasteiger partial charge in [-0.2, -0.15) is 0 Å². The van der Waals surface area contributed by atoms with Crippen LogP contribution in [0.15, 0.2) is 33.4 Å². The van der Waals surface area contributed by atoms with E-state index in [9.17, 15) is 4.79 Å². The van der Waals surface area contributed by atoms with Crippen molar-refractivity contribution in [3.05, 3.63) is 43.2 Å². The monoisotopic (exact) mass is 392 g/mol. The molecule has 0 fully saturated rings. The predicted molar refractivity (Wildman–Crippen MR) is 81.5 cm³/mol. The third-order valence-electron chi connectivity index (χ3n) is 2.28. The minimum atomic E-state index is -0.0878. The van der Waals surface area contributed by atoms with Crippen molar-refractivity contribution in [1.29, 1.82) is 0 Å². The second kappa shape index (κ2) is 6.27. The summed E-state index contributed by atoms with van der Waals surface area (Å²) in [6.45, 7) is 0. The fourth-order valence-corrected chi connectivity index (χ4v) is 4.38. The van der Waals surface area contributed by atoms with Crippen molar-refractivity contribution in [3.63, 3.8) is 0 Å². The highest BCUT2D eigenvalue weighted by molar-refractivity contribution is 9.10. The number of hydrogen-bond acceptors (Lipinski definition) is 3. The highest BCUT2D eigenvalue weighted by atomic mass is 79.9. The van der Waals surface area contributed by atoms with Crippen LogP contribution in [-0.4, -0.2) is 10.6 Å². The molecule has 2 aromatic heterocycles. The smallest absolute Gasteiger partial charge is 0.152 e. The van der Waals surface area contributed by atoms with Crippen LogP contribution >= 0.6 is 54.5 Å². The van der Waals surface area contributed by atoms with E-state index in [0.29, 0.717) is 6.42 Å². The van der Waals surface area contributed by atoms with Gasteiger partial charge in [0.05, 0.1) is 4.83 Å². The summed E-state index contributed by atoms with van der Waals surface area (Å²) in [5, 5.41) is 4.04. The SMILES string of the molecule is O=C(Cc1cccs1)C(Br)Cc1cc(Br)cs1. The number of carbonyl (C=O) groups excluding carboxylic acids is 1. The maximum atomic E-state index is 12.0. The first-order valence-corrected chi connectivity index (χ1v) is 8.54. The lowest BCUT2D eigenvalue weighted by Gasteiger charge is -2.06. The zero-order valence-corrected chi connectivity index (χ0v) is 13.7. The summed E-state index contributed by atoms with van der Waals surface area (Å²) in [6.07, 6.45) is 1.29. The minimum Gasteiger partial charge on any atom is -0.298 e. The van der Waals surface area contributed by atoms with Crippen LogP contribution in [0.5, 0.6) is 0 Å². The first kappa shape index (κ1) is 13.5. The maximum Gasteiger partial charge on any atom is 0.152 e. The van der Waals surface area contributed by atoms with E-state index in [1.54, 1.807) is 22.7 Å². The van der Waals surface area contributed by atoms with Crippen LogP contribution in [0.2, 0.25) is 0 Å². The Hall–Kier alpha value is 0.0300. The average Bonchev–Trinajstić information content (AvgIpc) is 2.90. The fourth-order valence-electron chi connectivity index (χ4n) is 1.45. The van der Waals surface area contributed by atoms with Gasteiger partial charge in [-0.3, -0.25) is 4.79 Å². The molecule has 2 aromatic rings. The molecular formula is C12H10Br2OS2. The fraction of sp³-hybridized carbons (Fsp3) is 0.250. The van der Waals surface area contributed by atoms with E-state index in [1.807, 2.05) is 22.9 Å². The predicted octanol–water partition coefficient (Wildman–Crippen LogP) is 4.69. The van der Waals surface area contributed by atoms with Crippen molar-refractivity contribution in [2.24, 2.45) is 0 Å². The molecule has 1 unspecified atom stereocenters. The first-order chi connectivity index (χ1) is 8.15. The molecule has 0 aliphatic carbocycles. The molecule has 0 N–H and O–H groups in total. The van der Waals surface area contributed by atoms with Gasteiger partial charge in [-0.1, -0.05) is 22.0 Å². The summed E-state index contributed by atoms with van der Waals surface area (Å²) in [5.74, 6) is 0.247. The maximum absolute atomic E-state index is 12.0. The highest BCUT2D eigenvalue weighted by Crippen LogP contribution is 2.23. The first-order valence-electron chi connectivity index (χ1n) is 5.07. The second-order valence-electron chi connectivity index (χ2n) is 3.63. The summed E-state index contributed by atoms with van der Waals surface area (Å²) in [7, 11) is 0. The van der Waals surface area contributed by atoms with Crippen LogP contribution in [0, 0.1) is 0 Å². The van der Waals surface area contributed by atoms with Gasteiger partial charge in [-0.25, -0.2) is 0 Å². The van der Waals surface area contributed by atoms with Crippen molar-refractivity contribution in [2.45, 2.75) is 17.7 Å². The molecule has 0 radical (unpaired) electrons. The van der Waals surface area contributed by atoms with E-state index in [-0.39, 0.29) is 10.6 Å². The number of Topliss-reactive ketones (excluding diaryl/α,β-unsaturated/α-hetero) is 1. The van der Waals surface area contributed by atoms with Gasteiger partial charge in [0.1, 0.15) is 0 Å². The molecule has 17 heavy (non-hydrogen) atoms. The number of ketones is 1. The summed E-state index contributed by atoms with van der Waals surface area (Å²) in [4.78, 5) is 14.2. The minimum absolute atomic E-state index is 0.0878. The molecule has 0 aliphatic rings. The van der Waals surface area contributed by atoms with Crippen LogP contribution in [0.1, 0.15) is 9.75 Å². The van der Waals surface area contributed by atoms with E-state index >= 15 is 0 Å². The molecule has 0 saturated carbocycles. The Morgan fingerprint density at radius 1 is 1.35 bits per heavy atom. The zero-order chi connectivity index (χ0) is 12.3. The molecule has 90 valence electrons. The Balaban J connectivity index is 1.91. The summed E-state index contributed by atoms with van der Waals surface area (Å²) >= 11 is 10.2. The zero-order valence-electron chi connectivity index (χ0n) is 8.86. The third-order valence-corrected chi connectivity index (χ3v) is 5.71. The van der Waals surface area contributed by atoms with Gasteiger partial charge in [0.25, 0.3) is 0 Å². The van der Waals surface area contributed by atoms with Crippen molar-refractivity contribution in [1.82, 2.24) is 0 Å². The van der Waals surface area contributed by atoms with Crippen molar-refractivity contribution in [2.75, 3.05) is 0 Å². The molecule has 1 nitrogen and oxygen atoms in total. The lowest BCUT2D eigenvalue weighted by atomic mass is 10.1. The number of alkyl halides is 1. The average molecular weight is 394 g/mol. The van der Waals surface area contributed by atoms with Crippen LogP contribution in [0.4, 0.5) is 0 Å². The van der Waals surface area contributed by atoms with Gasteiger partial charge in [0, 0.05) is 32.4 Å². The Bertz CT molecular complexity index is 490. The standard InChI is InChI=1S/C12H10Br2OS2/c13-8-4-10(17-7-8)5-11(14)12(15)6-9-2-1-3-16-9/h1-4,7,11H,5-6H2. The van der Waals surface area contributed by atoms with Gasteiger partial charge in [-0.15, -0.1) is 22.7 Å². The summed E-state index contributed by atoms with van der Waals surface area (Å²) < 4.78 is 1.09. The Morgan fingerprint density at radius 2 is 2.18 bits per heavy atom. The molecule has 0 aliphatic heterocycles. The van der Waals surface area contributed by atoms with E-state index in [0.717, 1.165) is 15.8 Å². The van der Waals surface area contributed by atoms with Crippen molar-refractivity contribution in [3.8, 4) is 0 Å². The van der Waals surface area contributed by atoms with Crippen molar-refractivity contribution < 1.29 is 4.79 Å². The number of halogens is 2. The highest BCUT2D eigenvalue weighted by Gasteiger charge is 2.17. The molecule has 5 heteroatoms. The molecule has 0 saturated heterocycles. The van der Waals surface area contributed by atoms with Crippen LogP contribution < -0.4 is 0 Å². The molecule has 0 amide bonds. The Morgan fingerprint density at radius 3 is 2.76 bits per heavy atom. The second-order valence-corrected chi connectivity index (χ2v) is 7.67. The van der Waals surface area contributed by atoms with Gasteiger partial charge >= 0.3 is 0 Å². The lowest BCUT2D eigenvalue weighted by Crippen LogP contribution is -2.18. The molecule has 0 bridgehead atoms. The van der Waals surface area contributed by atoms with Gasteiger partial charge in [0.2, 0.25) is 0 Å². The Labute approximate surface area is 125 Å². The van der Waals surface area contributed by atoms with E-state index in [1.165, 1.54) is 4.88 Å². The van der Waals surface area contributed by atoms with Crippen molar-refractivity contribution >= 4 is 60.3 Å². The molecule has 1 atom stereocenters. The van der Waals surface area contributed by atoms with E-state index in [4.69, 9.17) is 0 Å². The lowest BCUT2D eigenvalue weighted by molar-refractivity contribution is -0.117. The molecule has 2 heterocycles. The van der Waals surface area contributed by atoms with Gasteiger partial charge < -0.3 is 0 Å². The number of rotatable bonds is 5. The van der Waals surface area contributed by atoms with Crippen LogP contribution in [0.3, 0.4) is 0 Å². The van der Waals surface area contributed by atoms with Gasteiger partial charge in [0.15, 0.2) is 5.78 Å². The third kappa shape index (κ3) is 4.02. The Kier molecular flexibility index (Phi) is 4.97. The molecule has 0 spiro atoms. The van der Waals surface area contributed by atoms with Crippen LogP contribution in [-0.2, 0) is 17.6 Å². The number of hydrogen-bond donors (Lipinski definition) is 0. The molecule has 2 rings (SSSR count). The number of thiophene rings is 2. The van der Waals surface area contributed by atoms with Crippen LogP contribution in [0.25, 0.3) is 0 Å². The molecule has 0 aromatic carbocycles. The summed E-state index contributed by atoms with van der Waals surface area (Å²) in [5.41, 5.74) is 0. The quantitative estimate of drug-likeness (QED) is 0.673. The number of carbonyl (C=O) groups is 1.